The number of carbonyl (C=O) groups excluding carboxylic acids is 1. The van der Waals surface area contributed by atoms with Crippen LogP contribution in [0.2, 0.25) is 0 Å². The number of aryl methyl sites for hydroxylation is 1. The van der Waals surface area contributed by atoms with Gasteiger partial charge in [-0.15, -0.1) is 0 Å². The molecule has 0 aromatic heterocycles. The molecule has 3 heteroatoms. The van der Waals surface area contributed by atoms with Gasteiger partial charge in [0.2, 0.25) is 5.91 Å². The van der Waals surface area contributed by atoms with Crippen LogP contribution in [-0.4, -0.2) is 29.9 Å². The summed E-state index contributed by atoms with van der Waals surface area (Å²) in [5, 5.41) is 3.44. The summed E-state index contributed by atoms with van der Waals surface area (Å²) >= 11 is 0. The third kappa shape index (κ3) is 3.22. The number of benzene rings is 1. The van der Waals surface area contributed by atoms with Gasteiger partial charge in [0, 0.05) is 18.8 Å². The molecule has 2 aliphatic rings. The molecule has 1 unspecified atom stereocenters. The highest BCUT2D eigenvalue weighted by molar-refractivity contribution is 5.85. The summed E-state index contributed by atoms with van der Waals surface area (Å²) in [7, 11) is 0. The summed E-state index contributed by atoms with van der Waals surface area (Å²) < 4.78 is 0. The van der Waals surface area contributed by atoms with E-state index in [1.807, 2.05) is 6.07 Å². The number of nitrogens with zero attached hydrogens (tertiary/aromatic N) is 1. The molecule has 0 saturated carbocycles. The Balaban J connectivity index is 1.66. The molecule has 114 valence electrons. The maximum atomic E-state index is 12.8. The molecule has 1 saturated heterocycles. The molecule has 0 spiro atoms. The molecule has 1 atom stereocenters. The number of para-hydroxylation sites is 1. The van der Waals surface area contributed by atoms with Gasteiger partial charge < -0.3 is 10.2 Å². The molecular weight excluding hydrogens is 260 g/mol. The van der Waals surface area contributed by atoms with E-state index in [1.54, 1.807) is 0 Å². The van der Waals surface area contributed by atoms with Crippen molar-refractivity contribution in [3.05, 3.63) is 29.8 Å². The molecule has 1 amide bonds. The molecule has 0 aliphatic carbocycles. The van der Waals surface area contributed by atoms with E-state index in [9.17, 15) is 4.79 Å². The van der Waals surface area contributed by atoms with Gasteiger partial charge in [-0.1, -0.05) is 32.0 Å². The second-order valence-corrected chi connectivity index (χ2v) is 7.24. The van der Waals surface area contributed by atoms with Crippen LogP contribution in [-0.2, 0) is 11.2 Å². The average Bonchev–Trinajstić information content (AvgIpc) is 2.67. The van der Waals surface area contributed by atoms with E-state index in [0.29, 0.717) is 11.3 Å². The van der Waals surface area contributed by atoms with E-state index in [1.165, 1.54) is 12.0 Å². The molecule has 0 radical (unpaired) electrons. The molecule has 3 rings (SSSR count). The van der Waals surface area contributed by atoms with Crippen LogP contribution in [0.25, 0.3) is 0 Å². The van der Waals surface area contributed by atoms with Gasteiger partial charge in [-0.05, 0) is 49.1 Å². The van der Waals surface area contributed by atoms with Crippen LogP contribution in [0.5, 0.6) is 0 Å². The van der Waals surface area contributed by atoms with Crippen molar-refractivity contribution in [3.63, 3.8) is 0 Å². The zero-order valence-electron chi connectivity index (χ0n) is 13.2. The van der Waals surface area contributed by atoms with Crippen molar-refractivity contribution in [3.8, 4) is 0 Å². The van der Waals surface area contributed by atoms with Crippen LogP contribution in [0.15, 0.2) is 24.3 Å². The Morgan fingerprint density at radius 1 is 1.24 bits per heavy atom. The molecule has 1 aromatic carbocycles. The molecule has 3 nitrogen and oxygen atoms in total. The number of fused-ring (bicyclic) bond motifs is 1. The fraction of sp³-hybridized carbons (Fsp3) is 0.611. The quantitative estimate of drug-likeness (QED) is 0.857. The van der Waals surface area contributed by atoms with Crippen molar-refractivity contribution in [1.29, 1.82) is 0 Å². The fourth-order valence-corrected chi connectivity index (χ4v) is 3.49. The van der Waals surface area contributed by atoms with Crippen LogP contribution in [0.1, 0.15) is 45.1 Å². The zero-order valence-corrected chi connectivity index (χ0v) is 13.2. The molecular formula is C18H26N2O. The Morgan fingerprint density at radius 3 is 2.90 bits per heavy atom. The lowest BCUT2D eigenvalue weighted by molar-refractivity contribution is -0.132. The third-order valence-electron chi connectivity index (χ3n) is 5.00. The Bertz CT molecular complexity index is 524. The van der Waals surface area contributed by atoms with Crippen LogP contribution < -0.4 is 5.32 Å². The topological polar surface area (TPSA) is 32.3 Å². The summed E-state index contributed by atoms with van der Waals surface area (Å²) in [5.41, 5.74) is 2.84. The maximum Gasteiger partial charge on any atom is 0.245 e. The number of nitrogens with one attached hydrogen (secondary N) is 1. The van der Waals surface area contributed by atoms with Crippen molar-refractivity contribution < 1.29 is 4.79 Å². The predicted molar refractivity (Wildman–Crippen MR) is 86.4 cm³/mol. The van der Waals surface area contributed by atoms with E-state index >= 15 is 0 Å². The summed E-state index contributed by atoms with van der Waals surface area (Å²) in [6.07, 6.45) is 5.37. The smallest absolute Gasteiger partial charge is 0.245 e. The molecule has 1 fully saturated rings. The van der Waals surface area contributed by atoms with Crippen LogP contribution in [0.4, 0.5) is 5.69 Å². The van der Waals surface area contributed by atoms with Gasteiger partial charge in [0.05, 0.1) is 0 Å². The number of carbonyl (C=O) groups is 1. The van der Waals surface area contributed by atoms with Crippen LogP contribution in [0.3, 0.4) is 0 Å². The highest BCUT2D eigenvalue weighted by Crippen LogP contribution is 2.31. The summed E-state index contributed by atoms with van der Waals surface area (Å²) in [6, 6.07) is 8.30. The van der Waals surface area contributed by atoms with Crippen molar-refractivity contribution in [1.82, 2.24) is 4.90 Å². The van der Waals surface area contributed by atoms with Crippen molar-refractivity contribution >= 4 is 11.6 Å². The van der Waals surface area contributed by atoms with Gasteiger partial charge in [-0.25, -0.2) is 0 Å². The van der Waals surface area contributed by atoms with Crippen LogP contribution in [0, 0.1) is 5.41 Å². The fourth-order valence-electron chi connectivity index (χ4n) is 3.49. The second-order valence-electron chi connectivity index (χ2n) is 7.24. The van der Waals surface area contributed by atoms with E-state index in [2.05, 4.69) is 42.3 Å². The minimum absolute atomic E-state index is 0.0406. The number of likely N-dealkylation sites (tertiary alicyclic amines) is 1. The summed E-state index contributed by atoms with van der Waals surface area (Å²) in [4.78, 5) is 14.9. The lowest BCUT2D eigenvalue weighted by Crippen LogP contribution is -2.45. The standard InChI is InChI=1S/C18H26N2O/c1-18(2)10-5-12-20(13-11-18)17(21)16-9-8-14-6-3-4-7-15(14)19-16/h3-4,6-7,16,19H,5,8-13H2,1-2H3. The average molecular weight is 286 g/mol. The molecule has 21 heavy (non-hydrogen) atoms. The zero-order chi connectivity index (χ0) is 14.9. The first kappa shape index (κ1) is 14.4. The van der Waals surface area contributed by atoms with Gasteiger partial charge in [-0.2, -0.15) is 0 Å². The lowest BCUT2D eigenvalue weighted by Gasteiger charge is -2.31. The summed E-state index contributed by atoms with van der Waals surface area (Å²) in [6.45, 7) is 6.46. The molecule has 2 aliphatic heterocycles. The second kappa shape index (κ2) is 5.70. The van der Waals surface area contributed by atoms with Gasteiger partial charge in [0.25, 0.3) is 0 Å². The van der Waals surface area contributed by atoms with Crippen molar-refractivity contribution in [2.24, 2.45) is 5.41 Å². The van der Waals surface area contributed by atoms with Gasteiger partial charge in [0.1, 0.15) is 6.04 Å². The summed E-state index contributed by atoms with van der Waals surface area (Å²) in [5.74, 6) is 0.294. The van der Waals surface area contributed by atoms with Crippen LogP contribution >= 0.6 is 0 Å². The van der Waals surface area contributed by atoms with Crippen molar-refractivity contribution in [2.75, 3.05) is 18.4 Å². The first-order valence-electron chi connectivity index (χ1n) is 8.18. The molecule has 1 aromatic rings. The first-order chi connectivity index (χ1) is 10.1. The third-order valence-corrected chi connectivity index (χ3v) is 5.00. The number of rotatable bonds is 1. The Hall–Kier alpha value is -1.51. The number of amides is 1. The molecule has 2 heterocycles. The van der Waals surface area contributed by atoms with E-state index in [0.717, 1.165) is 44.5 Å². The predicted octanol–water partition coefficient (Wildman–Crippen LogP) is 3.45. The number of hydrogen-bond acceptors (Lipinski definition) is 2. The highest BCUT2D eigenvalue weighted by atomic mass is 16.2. The van der Waals surface area contributed by atoms with Gasteiger partial charge >= 0.3 is 0 Å². The monoisotopic (exact) mass is 286 g/mol. The van der Waals surface area contributed by atoms with E-state index in [-0.39, 0.29) is 6.04 Å². The number of anilines is 1. The Labute approximate surface area is 127 Å². The minimum Gasteiger partial charge on any atom is -0.373 e. The van der Waals surface area contributed by atoms with Gasteiger partial charge in [-0.3, -0.25) is 4.79 Å². The normalized spacial score (nSPS) is 24.7. The Kier molecular flexibility index (Phi) is 3.92. The molecule has 0 bridgehead atoms. The maximum absolute atomic E-state index is 12.8. The van der Waals surface area contributed by atoms with Crippen molar-refractivity contribution in [2.45, 2.75) is 52.0 Å². The van der Waals surface area contributed by atoms with E-state index < -0.39 is 0 Å². The highest BCUT2D eigenvalue weighted by Gasteiger charge is 2.30. The Morgan fingerprint density at radius 2 is 2.05 bits per heavy atom. The molecule has 1 N–H and O–H groups in total. The largest absolute Gasteiger partial charge is 0.373 e. The first-order valence-corrected chi connectivity index (χ1v) is 8.18. The lowest BCUT2D eigenvalue weighted by atomic mass is 9.85. The number of hydrogen-bond donors (Lipinski definition) is 1. The minimum atomic E-state index is -0.0406. The SMILES string of the molecule is CC1(C)CCCN(C(=O)C2CCc3ccccc3N2)CC1. The van der Waals surface area contributed by atoms with Gasteiger partial charge in [0.15, 0.2) is 0 Å². The van der Waals surface area contributed by atoms with E-state index in [4.69, 9.17) is 0 Å².